The van der Waals surface area contributed by atoms with Crippen LogP contribution in [0.15, 0.2) is 59.6 Å². The van der Waals surface area contributed by atoms with Crippen molar-refractivity contribution in [3.05, 3.63) is 66.6 Å². The van der Waals surface area contributed by atoms with Crippen LogP contribution < -0.4 is 0 Å². The molecule has 3 aromatic rings. The van der Waals surface area contributed by atoms with Gasteiger partial charge in [-0.25, -0.2) is 4.68 Å². The fourth-order valence-corrected chi connectivity index (χ4v) is 3.38. The summed E-state index contributed by atoms with van der Waals surface area (Å²) in [5, 5.41) is 4.21. The van der Waals surface area contributed by atoms with E-state index in [1.54, 1.807) is 29.4 Å². The summed E-state index contributed by atoms with van der Waals surface area (Å²) >= 11 is 0. The fraction of sp³-hybridized carbons (Fsp3) is 0.316. The largest absolute Gasteiger partial charge is 0.467 e. The van der Waals surface area contributed by atoms with E-state index in [0.29, 0.717) is 18.2 Å². The molecule has 1 saturated heterocycles. The van der Waals surface area contributed by atoms with Crippen LogP contribution in [0, 0.1) is 5.92 Å². The third kappa shape index (κ3) is 3.07. The quantitative estimate of drug-likeness (QED) is 0.734. The molecule has 128 valence electrons. The van der Waals surface area contributed by atoms with Crippen LogP contribution in [0.2, 0.25) is 0 Å². The lowest BCUT2D eigenvalue weighted by molar-refractivity contribution is 0.0515. The third-order valence-electron chi connectivity index (χ3n) is 4.73. The van der Waals surface area contributed by atoms with E-state index in [1.807, 2.05) is 35.4 Å². The standard InChI is InChI=1S/C19H20N4O2/c1-14-6-10-22(17(12-14)18-4-2-11-25-18)19(24)16-13-15(5-8-20-16)23-9-3-7-21-23/h2-5,7-9,11,13-14,17H,6,10,12H2,1H3/t14-,17-/m1/s1. The summed E-state index contributed by atoms with van der Waals surface area (Å²) in [6, 6.07) is 9.24. The maximum atomic E-state index is 13.1. The SMILES string of the molecule is C[C@@H]1CCN(C(=O)c2cc(-n3cccn3)ccn2)[C@@H](c2ccco2)C1. The van der Waals surface area contributed by atoms with E-state index < -0.39 is 0 Å². The second kappa shape index (κ2) is 6.55. The third-order valence-corrected chi connectivity index (χ3v) is 4.73. The Balaban J connectivity index is 1.64. The smallest absolute Gasteiger partial charge is 0.273 e. The van der Waals surface area contributed by atoms with Crippen LogP contribution >= 0.6 is 0 Å². The van der Waals surface area contributed by atoms with Gasteiger partial charge in [-0.05, 0) is 49.1 Å². The molecule has 6 heteroatoms. The molecule has 0 bridgehead atoms. The number of pyridine rings is 1. The maximum absolute atomic E-state index is 13.1. The molecule has 0 spiro atoms. The highest BCUT2D eigenvalue weighted by atomic mass is 16.3. The first-order chi connectivity index (χ1) is 12.2. The molecule has 6 nitrogen and oxygen atoms in total. The van der Waals surface area contributed by atoms with E-state index in [9.17, 15) is 4.79 Å². The van der Waals surface area contributed by atoms with Crippen molar-refractivity contribution in [2.75, 3.05) is 6.54 Å². The van der Waals surface area contributed by atoms with Crippen LogP contribution in [0.25, 0.3) is 5.69 Å². The molecule has 25 heavy (non-hydrogen) atoms. The van der Waals surface area contributed by atoms with Gasteiger partial charge in [-0.1, -0.05) is 6.92 Å². The monoisotopic (exact) mass is 336 g/mol. The van der Waals surface area contributed by atoms with Crippen molar-refractivity contribution in [2.45, 2.75) is 25.8 Å². The Morgan fingerprint density at radius 2 is 2.20 bits per heavy atom. The molecule has 1 aliphatic rings. The van der Waals surface area contributed by atoms with Gasteiger partial charge in [-0.15, -0.1) is 0 Å². The van der Waals surface area contributed by atoms with Crippen molar-refractivity contribution in [1.29, 1.82) is 0 Å². The zero-order chi connectivity index (χ0) is 17.2. The van der Waals surface area contributed by atoms with Gasteiger partial charge in [-0.3, -0.25) is 9.78 Å². The highest BCUT2D eigenvalue weighted by Crippen LogP contribution is 2.35. The summed E-state index contributed by atoms with van der Waals surface area (Å²) in [5.41, 5.74) is 1.25. The van der Waals surface area contributed by atoms with E-state index in [2.05, 4.69) is 17.0 Å². The maximum Gasteiger partial charge on any atom is 0.273 e. The van der Waals surface area contributed by atoms with E-state index in [4.69, 9.17) is 4.42 Å². The number of likely N-dealkylation sites (tertiary alicyclic amines) is 1. The molecule has 3 aromatic heterocycles. The molecule has 1 fully saturated rings. The van der Waals surface area contributed by atoms with Crippen LogP contribution in [0.4, 0.5) is 0 Å². The van der Waals surface area contributed by atoms with Gasteiger partial charge in [-0.2, -0.15) is 5.10 Å². The molecule has 0 N–H and O–H groups in total. The minimum absolute atomic E-state index is 0.0404. The lowest BCUT2D eigenvalue weighted by Gasteiger charge is -2.37. The number of amides is 1. The van der Waals surface area contributed by atoms with Crippen LogP contribution in [-0.4, -0.2) is 32.1 Å². The lowest BCUT2D eigenvalue weighted by Crippen LogP contribution is -2.40. The second-order valence-corrected chi connectivity index (χ2v) is 6.51. The number of hydrogen-bond acceptors (Lipinski definition) is 4. The summed E-state index contributed by atoms with van der Waals surface area (Å²) in [4.78, 5) is 19.3. The minimum atomic E-state index is -0.0673. The van der Waals surface area contributed by atoms with Crippen LogP contribution in [0.5, 0.6) is 0 Å². The summed E-state index contributed by atoms with van der Waals surface area (Å²) in [6.07, 6.45) is 8.76. The number of hydrogen-bond donors (Lipinski definition) is 0. The lowest BCUT2D eigenvalue weighted by atomic mass is 9.91. The number of furan rings is 1. The zero-order valence-electron chi connectivity index (χ0n) is 14.1. The first-order valence-electron chi connectivity index (χ1n) is 8.53. The Bertz CT molecular complexity index is 842. The first kappa shape index (κ1) is 15.6. The van der Waals surface area contributed by atoms with Gasteiger partial charge in [0.05, 0.1) is 18.0 Å². The Morgan fingerprint density at radius 1 is 1.28 bits per heavy atom. The molecule has 1 aliphatic heterocycles. The fourth-order valence-electron chi connectivity index (χ4n) is 3.38. The Hall–Kier alpha value is -2.89. The van der Waals surface area contributed by atoms with Crippen molar-refractivity contribution in [3.63, 3.8) is 0 Å². The van der Waals surface area contributed by atoms with Gasteiger partial charge in [0.15, 0.2) is 0 Å². The highest BCUT2D eigenvalue weighted by molar-refractivity contribution is 5.93. The molecule has 0 aromatic carbocycles. The van der Waals surface area contributed by atoms with Crippen LogP contribution in [0.1, 0.15) is 42.1 Å². The van der Waals surface area contributed by atoms with Gasteiger partial charge in [0.2, 0.25) is 0 Å². The van der Waals surface area contributed by atoms with Gasteiger partial charge < -0.3 is 9.32 Å². The molecule has 4 heterocycles. The van der Waals surface area contributed by atoms with E-state index in [0.717, 1.165) is 24.3 Å². The molecule has 2 atom stereocenters. The summed E-state index contributed by atoms with van der Waals surface area (Å²) < 4.78 is 7.31. The number of rotatable bonds is 3. The number of piperidine rings is 1. The molecule has 0 saturated carbocycles. The van der Waals surface area contributed by atoms with E-state index in [-0.39, 0.29) is 11.9 Å². The van der Waals surface area contributed by atoms with Gasteiger partial charge in [0.25, 0.3) is 5.91 Å². The molecule has 0 radical (unpaired) electrons. The average Bonchev–Trinajstić information content (AvgIpc) is 3.35. The zero-order valence-corrected chi connectivity index (χ0v) is 14.1. The predicted octanol–water partition coefficient (Wildman–Crippen LogP) is 3.47. The first-order valence-corrected chi connectivity index (χ1v) is 8.53. The Kier molecular flexibility index (Phi) is 4.09. The summed E-state index contributed by atoms with van der Waals surface area (Å²) in [6.45, 7) is 2.92. The van der Waals surface area contributed by atoms with Crippen molar-refractivity contribution in [1.82, 2.24) is 19.7 Å². The number of carbonyl (C=O) groups excluding carboxylic acids is 1. The number of aromatic nitrogens is 3. The molecule has 4 rings (SSSR count). The molecular weight excluding hydrogens is 316 g/mol. The summed E-state index contributed by atoms with van der Waals surface area (Å²) in [7, 11) is 0. The van der Waals surface area contributed by atoms with Crippen molar-refractivity contribution in [2.24, 2.45) is 5.92 Å². The highest BCUT2D eigenvalue weighted by Gasteiger charge is 2.33. The molecular formula is C19H20N4O2. The molecule has 1 amide bonds. The van der Waals surface area contributed by atoms with Gasteiger partial charge in [0.1, 0.15) is 11.5 Å². The number of carbonyl (C=O) groups is 1. The van der Waals surface area contributed by atoms with Gasteiger partial charge >= 0.3 is 0 Å². The summed E-state index contributed by atoms with van der Waals surface area (Å²) in [5.74, 6) is 1.33. The number of nitrogens with zero attached hydrogens (tertiary/aromatic N) is 4. The van der Waals surface area contributed by atoms with E-state index in [1.165, 1.54) is 0 Å². The normalized spacial score (nSPS) is 20.6. The van der Waals surface area contributed by atoms with Crippen molar-refractivity contribution < 1.29 is 9.21 Å². The topological polar surface area (TPSA) is 64.2 Å². The van der Waals surface area contributed by atoms with E-state index >= 15 is 0 Å². The predicted molar refractivity (Wildman–Crippen MR) is 92.2 cm³/mol. The molecule has 0 aliphatic carbocycles. The molecule has 0 unspecified atom stereocenters. The average molecular weight is 336 g/mol. The Morgan fingerprint density at radius 3 is 2.96 bits per heavy atom. The van der Waals surface area contributed by atoms with Crippen LogP contribution in [-0.2, 0) is 0 Å². The van der Waals surface area contributed by atoms with Crippen LogP contribution in [0.3, 0.4) is 0 Å². The Labute approximate surface area is 146 Å². The second-order valence-electron chi connectivity index (χ2n) is 6.51. The van der Waals surface area contributed by atoms with Crippen molar-refractivity contribution in [3.8, 4) is 5.69 Å². The minimum Gasteiger partial charge on any atom is -0.467 e. The van der Waals surface area contributed by atoms with Gasteiger partial charge in [0, 0.05) is 25.1 Å². The van der Waals surface area contributed by atoms with Crippen molar-refractivity contribution >= 4 is 5.91 Å².